The first kappa shape index (κ1) is 24.6. The van der Waals surface area contributed by atoms with Crippen LogP contribution in [0.25, 0.3) is 0 Å². The second-order valence-electron chi connectivity index (χ2n) is 6.87. The van der Waals surface area contributed by atoms with E-state index in [1.807, 2.05) is 0 Å². The lowest BCUT2D eigenvalue weighted by molar-refractivity contribution is -0.385. The highest BCUT2D eigenvalue weighted by Crippen LogP contribution is 2.23. The summed E-state index contributed by atoms with van der Waals surface area (Å²) in [6.45, 7) is -0.137. The predicted octanol–water partition coefficient (Wildman–Crippen LogP) is 2.80. The third kappa shape index (κ3) is 7.51. The summed E-state index contributed by atoms with van der Waals surface area (Å²) in [5.41, 5.74) is -0.420. The molecular weight excluding hydrogens is 410 g/mol. The minimum Gasteiger partial charge on any atom is -0.459 e. The normalized spacial score (nSPS) is 23.2. The Hall–Kier alpha value is -2.66. The molecule has 0 amide bonds. The number of rotatable bonds is 9. The van der Waals surface area contributed by atoms with Crippen molar-refractivity contribution in [1.29, 1.82) is 0 Å². The first-order chi connectivity index (χ1) is 15.0. The van der Waals surface area contributed by atoms with E-state index in [0.29, 0.717) is 25.7 Å². The van der Waals surface area contributed by atoms with Crippen LogP contribution in [-0.2, 0) is 28.5 Å². The van der Waals surface area contributed by atoms with Crippen molar-refractivity contribution in [2.45, 2.75) is 44.0 Å². The summed E-state index contributed by atoms with van der Waals surface area (Å²) in [6.07, 6.45) is 2.65. The number of ether oxygens (including phenoxy) is 5. The number of ketones is 1. The Bertz CT molecular complexity index is 780. The number of benzene rings is 1. The van der Waals surface area contributed by atoms with Gasteiger partial charge in [-0.15, -0.1) is 0 Å². The summed E-state index contributed by atoms with van der Waals surface area (Å²) < 4.78 is 26.6. The molecule has 0 aromatic heterocycles. The van der Waals surface area contributed by atoms with Crippen molar-refractivity contribution in [2.75, 3.05) is 27.8 Å². The molecule has 0 bridgehead atoms. The minimum absolute atomic E-state index is 0.0465. The van der Waals surface area contributed by atoms with Crippen LogP contribution in [0.2, 0.25) is 0 Å². The number of carbonyl (C=O) groups excluding carboxylic acids is 2. The van der Waals surface area contributed by atoms with Crippen LogP contribution in [0.4, 0.5) is 5.69 Å². The highest BCUT2D eigenvalue weighted by Gasteiger charge is 2.31. The van der Waals surface area contributed by atoms with Gasteiger partial charge in [0.05, 0.1) is 11.0 Å². The number of allylic oxidation sites excluding steroid dienone is 1. The zero-order chi connectivity index (χ0) is 22.6. The molecule has 0 fully saturated rings. The van der Waals surface area contributed by atoms with Gasteiger partial charge in [0.1, 0.15) is 31.4 Å². The Labute approximate surface area is 180 Å². The maximum absolute atomic E-state index is 12.6. The Morgan fingerprint density at radius 3 is 2.52 bits per heavy atom. The lowest BCUT2D eigenvalue weighted by Gasteiger charge is -2.27. The molecule has 0 aliphatic heterocycles. The third-order valence-electron chi connectivity index (χ3n) is 4.69. The van der Waals surface area contributed by atoms with Gasteiger partial charge in [0.15, 0.2) is 5.78 Å². The summed E-state index contributed by atoms with van der Waals surface area (Å²) in [5, 5.41) is 11.2. The van der Waals surface area contributed by atoms with Crippen molar-refractivity contribution in [3.8, 4) is 0 Å². The van der Waals surface area contributed by atoms with Crippen molar-refractivity contribution in [1.82, 2.24) is 0 Å². The second kappa shape index (κ2) is 12.9. The van der Waals surface area contributed by atoms with E-state index in [9.17, 15) is 19.7 Å². The number of esters is 1. The monoisotopic (exact) mass is 437 g/mol. The fraction of sp³-hybridized carbons (Fsp3) is 0.524. The number of nitrogens with zero attached hydrogens (tertiary/aromatic N) is 1. The van der Waals surface area contributed by atoms with E-state index in [2.05, 4.69) is 0 Å². The molecule has 10 heteroatoms. The quantitative estimate of drug-likeness (QED) is 0.248. The second-order valence-corrected chi connectivity index (χ2v) is 6.87. The molecule has 3 unspecified atom stereocenters. The van der Waals surface area contributed by atoms with Crippen LogP contribution in [-0.4, -0.2) is 62.8 Å². The standard InChI is InChI=1S/C21H27NO9/c1-27-13-29-19-12-11-15(7-3-6-10-18(23)20(19)30-14-28-2)31-21(24)16-8-4-5-9-17(16)22(25)26/h4-6,8-10,15,19-20H,3,7,11-14H2,1-2H3/b10-6+. The number of nitro benzene ring substituents is 1. The molecule has 3 atom stereocenters. The van der Waals surface area contributed by atoms with E-state index in [4.69, 9.17) is 23.7 Å². The van der Waals surface area contributed by atoms with Crippen LogP contribution in [0.3, 0.4) is 0 Å². The van der Waals surface area contributed by atoms with Crippen LogP contribution in [0.1, 0.15) is 36.0 Å². The van der Waals surface area contributed by atoms with E-state index >= 15 is 0 Å². The summed E-state index contributed by atoms with van der Waals surface area (Å²) >= 11 is 0. The Kier molecular flexibility index (Phi) is 10.2. The van der Waals surface area contributed by atoms with E-state index in [1.54, 1.807) is 6.08 Å². The Balaban J connectivity index is 2.16. The number of hydrogen-bond acceptors (Lipinski definition) is 9. The van der Waals surface area contributed by atoms with Gasteiger partial charge in [0.2, 0.25) is 0 Å². The van der Waals surface area contributed by atoms with Crippen molar-refractivity contribution in [3.05, 3.63) is 52.1 Å². The van der Waals surface area contributed by atoms with Crippen LogP contribution in [0.5, 0.6) is 0 Å². The van der Waals surface area contributed by atoms with E-state index in [1.165, 1.54) is 44.6 Å². The average Bonchev–Trinajstić information content (AvgIpc) is 2.77. The van der Waals surface area contributed by atoms with E-state index in [-0.39, 0.29) is 30.6 Å². The SMILES string of the molecule is COCOC1CCC(OC(=O)c2ccccc2[N+](=O)[O-])CC/C=C/C(=O)C1OCOC. The molecule has 10 nitrogen and oxygen atoms in total. The number of methoxy groups -OCH3 is 2. The number of carbonyl (C=O) groups is 2. The van der Waals surface area contributed by atoms with Crippen molar-refractivity contribution < 1.29 is 38.2 Å². The van der Waals surface area contributed by atoms with Gasteiger partial charge in [-0.3, -0.25) is 14.9 Å². The first-order valence-corrected chi connectivity index (χ1v) is 9.83. The zero-order valence-electron chi connectivity index (χ0n) is 17.6. The van der Waals surface area contributed by atoms with Gasteiger partial charge in [-0.05, 0) is 37.8 Å². The molecular formula is C21H27NO9. The highest BCUT2D eigenvalue weighted by molar-refractivity contribution is 5.94. The topological polar surface area (TPSA) is 123 Å². The fourth-order valence-corrected chi connectivity index (χ4v) is 3.20. The van der Waals surface area contributed by atoms with Crippen LogP contribution in [0.15, 0.2) is 36.4 Å². The van der Waals surface area contributed by atoms with Crippen molar-refractivity contribution >= 4 is 17.4 Å². The average molecular weight is 437 g/mol. The Morgan fingerprint density at radius 2 is 1.81 bits per heavy atom. The molecule has 1 aliphatic carbocycles. The van der Waals surface area contributed by atoms with E-state index in [0.717, 1.165) is 0 Å². The van der Waals surface area contributed by atoms with Crippen LogP contribution in [0, 0.1) is 10.1 Å². The number of nitro groups is 1. The maximum Gasteiger partial charge on any atom is 0.345 e. The molecule has 1 aromatic carbocycles. The van der Waals surface area contributed by atoms with Gasteiger partial charge in [0, 0.05) is 20.3 Å². The molecule has 2 rings (SSSR count). The van der Waals surface area contributed by atoms with Gasteiger partial charge in [-0.2, -0.15) is 0 Å². The summed E-state index contributed by atoms with van der Waals surface area (Å²) in [6, 6.07) is 5.64. The molecule has 170 valence electrons. The van der Waals surface area contributed by atoms with Crippen LogP contribution < -0.4 is 0 Å². The zero-order valence-corrected chi connectivity index (χ0v) is 17.6. The molecule has 0 spiro atoms. The van der Waals surface area contributed by atoms with Crippen LogP contribution >= 0.6 is 0 Å². The molecule has 0 heterocycles. The fourth-order valence-electron chi connectivity index (χ4n) is 3.20. The molecule has 31 heavy (non-hydrogen) atoms. The summed E-state index contributed by atoms with van der Waals surface area (Å²) in [5.74, 6) is -1.02. The van der Waals surface area contributed by atoms with Gasteiger partial charge >= 0.3 is 5.97 Å². The third-order valence-corrected chi connectivity index (χ3v) is 4.69. The lowest BCUT2D eigenvalue weighted by Crippen LogP contribution is -2.39. The van der Waals surface area contributed by atoms with Gasteiger partial charge < -0.3 is 23.7 Å². The molecule has 0 N–H and O–H groups in total. The molecule has 1 aromatic rings. The van der Waals surface area contributed by atoms with Gasteiger partial charge in [-0.1, -0.05) is 18.2 Å². The minimum atomic E-state index is -0.906. The molecule has 0 saturated heterocycles. The summed E-state index contributed by atoms with van der Waals surface area (Å²) in [7, 11) is 2.91. The van der Waals surface area contributed by atoms with Crippen molar-refractivity contribution in [3.63, 3.8) is 0 Å². The molecule has 1 aliphatic rings. The lowest BCUT2D eigenvalue weighted by atomic mass is 9.97. The van der Waals surface area contributed by atoms with Gasteiger partial charge in [0.25, 0.3) is 5.69 Å². The number of para-hydroxylation sites is 1. The largest absolute Gasteiger partial charge is 0.459 e. The first-order valence-electron chi connectivity index (χ1n) is 9.83. The predicted molar refractivity (Wildman–Crippen MR) is 108 cm³/mol. The number of hydrogen-bond donors (Lipinski definition) is 0. The maximum atomic E-state index is 12.6. The van der Waals surface area contributed by atoms with Gasteiger partial charge in [-0.25, -0.2) is 4.79 Å². The smallest absolute Gasteiger partial charge is 0.345 e. The molecule has 0 radical (unpaired) electrons. The summed E-state index contributed by atoms with van der Waals surface area (Å²) in [4.78, 5) is 35.7. The molecule has 0 saturated carbocycles. The van der Waals surface area contributed by atoms with E-state index < -0.39 is 29.2 Å². The van der Waals surface area contributed by atoms with Crippen molar-refractivity contribution in [2.24, 2.45) is 0 Å². The highest BCUT2D eigenvalue weighted by atomic mass is 16.7. The Morgan fingerprint density at radius 1 is 1.10 bits per heavy atom.